The summed E-state index contributed by atoms with van der Waals surface area (Å²) in [5, 5.41) is 11.6. The third kappa shape index (κ3) is 3.90. The van der Waals surface area contributed by atoms with Gasteiger partial charge in [0.25, 0.3) is 5.91 Å². The third-order valence-electron chi connectivity index (χ3n) is 4.07. The summed E-state index contributed by atoms with van der Waals surface area (Å²) in [6.07, 6.45) is 0. The van der Waals surface area contributed by atoms with Crippen molar-refractivity contribution in [2.75, 3.05) is 0 Å². The monoisotopic (exact) mass is 363 g/mol. The first kappa shape index (κ1) is 17.6. The van der Waals surface area contributed by atoms with Gasteiger partial charge in [-0.25, -0.2) is 0 Å². The fourth-order valence-corrected chi connectivity index (χ4v) is 3.50. The molecule has 0 aliphatic carbocycles. The van der Waals surface area contributed by atoms with Crippen LogP contribution in [0.2, 0.25) is 0 Å². The molecule has 3 rings (SSSR count). The normalized spacial score (nSPS) is 10.3. The van der Waals surface area contributed by atoms with Gasteiger partial charge in [-0.15, -0.1) is 0 Å². The zero-order valence-electron chi connectivity index (χ0n) is 14.2. The summed E-state index contributed by atoms with van der Waals surface area (Å²) in [7, 11) is 0. The van der Waals surface area contributed by atoms with E-state index in [1.165, 1.54) is 0 Å². The Morgan fingerprint density at radius 2 is 1.81 bits per heavy atom. The van der Waals surface area contributed by atoms with Gasteiger partial charge in [0, 0.05) is 12.2 Å². The van der Waals surface area contributed by atoms with Crippen LogP contribution in [-0.4, -0.2) is 10.5 Å². The molecule has 0 bridgehead atoms. The van der Waals surface area contributed by atoms with E-state index in [4.69, 9.17) is 5.26 Å². The molecule has 0 fully saturated rings. The lowest BCUT2D eigenvalue weighted by molar-refractivity contribution is 0.0954. The minimum Gasteiger partial charge on any atom is -0.347 e. The molecule has 2 aromatic carbocycles. The van der Waals surface area contributed by atoms with E-state index in [0.29, 0.717) is 29.2 Å². The number of nitriles is 1. The second-order valence-corrected chi connectivity index (χ2v) is 6.81. The van der Waals surface area contributed by atoms with Crippen LogP contribution in [0.15, 0.2) is 59.4 Å². The second-order valence-electron chi connectivity index (χ2n) is 5.85. The highest BCUT2D eigenvalue weighted by atomic mass is 32.1. The Bertz CT molecular complexity index is 1010. The van der Waals surface area contributed by atoms with Crippen molar-refractivity contribution in [3.8, 4) is 6.07 Å². The number of hydrogen-bond donors (Lipinski definition) is 1. The van der Waals surface area contributed by atoms with Crippen molar-refractivity contribution >= 4 is 17.2 Å². The molecule has 1 heterocycles. The van der Waals surface area contributed by atoms with Gasteiger partial charge in [0.1, 0.15) is 4.88 Å². The van der Waals surface area contributed by atoms with Crippen LogP contribution in [0.5, 0.6) is 0 Å². The first-order valence-electron chi connectivity index (χ1n) is 8.10. The number of nitrogens with one attached hydrogen (secondary N) is 1. The fraction of sp³-hybridized carbons (Fsp3) is 0.150. The van der Waals surface area contributed by atoms with Crippen LogP contribution in [0.4, 0.5) is 0 Å². The largest absolute Gasteiger partial charge is 0.347 e. The summed E-state index contributed by atoms with van der Waals surface area (Å²) in [5.74, 6) is -0.263. The second kappa shape index (κ2) is 7.81. The number of nitrogens with zero attached hydrogens (tertiary/aromatic N) is 2. The predicted molar refractivity (Wildman–Crippen MR) is 101 cm³/mol. The van der Waals surface area contributed by atoms with Gasteiger partial charge in [0.2, 0.25) is 0 Å². The maximum absolute atomic E-state index is 12.5. The lowest BCUT2D eigenvalue weighted by Gasteiger charge is -2.07. The van der Waals surface area contributed by atoms with Crippen molar-refractivity contribution in [2.45, 2.75) is 20.0 Å². The number of carbonyl (C=O) groups is 1. The van der Waals surface area contributed by atoms with Crippen molar-refractivity contribution in [1.82, 2.24) is 9.88 Å². The lowest BCUT2D eigenvalue weighted by Crippen LogP contribution is -2.23. The molecule has 0 spiro atoms. The standard InChI is InChI=1S/C20H17N3O2S/c1-14-18(19(24)22-12-16-9-7-15(11-21)8-10-16)26-20(25)23(14)13-17-5-3-2-4-6-17/h2-10H,12-13H2,1H3,(H,22,24). The van der Waals surface area contributed by atoms with E-state index in [2.05, 4.69) is 11.4 Å². The van der Waals surface area contributed by atoms with Gasteiger partial charge in [-0.2, -0.15) is 5.26 Å². The number of amides is 1. The van der Waals surface area contributed by atoms with E-state index in [1.54, 1.807) is 35.8 Å². The Morgan fingerprint density at radius 3 is 2.46 bits per heavy atom. The van der Waals surface area contributed by atoms with Gasteiger partial charge in [0.05, 0.1) is 18.2 Å². The Morgan fingerprint density at radius 1 is 1.12 bits per heavy atom. The van der Waals surface area contributed by atoms with Gasteiger partial charge in [-0.3, -0.25) is 14.2 Å². The Kier molecular flexibility index (Phi) is 5.30. The summed E-state index contributed by atoms with van der Waals surface area (Å²) in [6.45, 7) is 2.58. The highest BCUT2D eigenvalue weighted by molar-refractivity contribution is 7.11. The highest BCUT2D eigenvalue weighted by Crippen LogP contribution is 2.14. The molecule has 0 saturated carbocycles. The molecular weight excluding hydrogens is 346 g/mol. The van der Waals surface area contributed by atoms with Crippen molar-refractivity contribution < 1.29 is 4.79 Å². The number of carbonyl (C=O) groups excluding carboxylic acids is 1. The molecule has 1 N–H and O–H groups in total. The molecule has 5 nitrogen and oxygen atoms in total. The van der Waals surface area contributed by atoms with Crippen molar-refractivity contribution in [3.63, 3.8) is 0 Å². The molecular formula is C20H17N3O2S. The molecule has 0 atom stereocenters. The number of thiazole rings is 1. The number of rotatable bonds is 5. The average molecular weight is 363 g/mol. The molecule has 1 aromatic heterocycles. The third-order valence-corrected chi connectivity index (χ3v) is 5.15. The molecule has 0 unspecified atom stereocenters. The zero-order valence-corrected chi connectivity index (χ0v) is 15.0. The first-order valence-corrected chi connectivity index (χ1v) is 8.91. The zero-order chi connectivity index (χ0) is 18.5. The molecule has 1 amide bonds. The van der Waals surface area contributed by atoms with Gasteiger partial charge in [-0.05, 0) is 30.2 Å². The van der Waals surface area contributed by atoms with Crippen LogP contribution >= 0.6 is 11.3 Å². The number of hydrogen-bond acceptors (Lipinski definition) is 4. The molecule has 3 aromatic rings. The van der Waals surface area contributed by atoms with Gasteiger partial charge >= 0.3 is 4.87 Å². The Hall–Kier alpha value is -3.17. The van der Waals surface area contributed by atoms with E-state index in [0.717, 1.165) is 22.5 Å². The first-order chi connectivity index (χ1) is 12.6. The minimum atomic E-state index is -0.263. The maximum Gasteiger partial charge on any atom is 0.308 e. The average Bonchev–Trinajstić information content (AvgIpc) is 2.95. The fourth-order valence-electron chi connectivity index (χ4n) is 2.60. The summed E-state index contributed by atoms with van der Waals surface area (Å²) < 4.78 is 1.62. The van der Waals surface area contributed by atoms with E-state index in [-0.39, 0.29) is 10.8 Å². The van der Waals surface area contributed by atoms with Crippen LogP contribution in [0.1, 0.15) is 32.1 Å². The highest BCUT2D eigenvalue weighted by Gasteiger charge is 2.17. The van der Waals surface area contributed by atoms with E-state index < -0.39 is 0 Å². The Labute approximate surface area is 155 Å². The molecule has 0 aliphatic heterocycles. The summed E-state index contributed by atoms with van der Waals surface area (Å²) in [6, 6.07) is 18.8. The topological polar surface area (TPSA) is 74.9 Å². The van der Waals surface area contributed by atoms with Crippen LogP contribution in [0, 0.1) is 18.3 Å². The number of aromatic nitrogens is 1. The molecule has 0 radical (unpaired) electrons. The smallest absolute Gasteiger partial charge is 0.308 e. The quantitative estimate of drug-likeness (QED) is 0.757. The predicted octanol–water partition coefficient (Wildman–Crippen LogP) is 3.07. The van der Waals surface area contributed by atoms with Crippen LogP contribution < -0.4 is 10.2 Å². The SMILES string of the molecule is Cc1c(C(=O)NCc2ccc(C#N)cc2)sc(=O)n1Cc1ccccc1. The Balaban J connectivity index is 1.72. The van der Waals surface area contributed by atoms with E-state index >= 15 is 0 Å². The molecule has 26 heavy (non-hydrogen) atoms. The summed E-state index contributed by atoms with van der Waals surface area (Å²) in [4.78, 5) is 25.0. The van der Waals surface area contributed by atoms with Crippen molar-refractivity contribution in [2.24, 2.45) is 0 Å². The summed E-state index contributed by atoms with van der Waals surface area (Å²) >= 11 is 0.962. The van der Waals surface area contributed by atoms with Gasteiger partial charge in [-0.1, -0.05) is 53.8 Å². The van der Waals surface area contributed by atoms with Crippen LogP contribution in [0.3, 0.4) is 0 Å². The van der Waals surface area contributed by atoms with Gasteiger partial charge < -0.3 is 5.32 Å². The van der Waals surface area contributed by atoms with Crippen molar-refractivity contribution in [3.05, 3.63) is 91.5 Å². The van der Waals surface area contributed by atoms with Crippen LogP contribution in [0.25, 0.3) is 0 Å². The maximum atomic E-state index is 12.5. The lowest BCUT2D eigenvalue weighted by atomic mass is 10.1. The van der Waals surface area contributed by atoms with E-state index in [9.17, 15) is 9.59 Å². The van der Waals surface area contributed by atoms with Crippen LogP contribution in [-0.2, 0) is 13.1 Å². The molecule has 130 valence electrons. The van der Waals surface area contributed by atoms with Crippen molar-refractivity contribution in [1.29, 1.82) is 5.26 Å². The van der Waals surface area contributed by atoms with E-state index in [1.807, 2.05) is 30.3 Å². The molecule has 6 heteroatoms. The number of benzene rings is 2. The van der Waals surface area contributed by atoms with Gasteiger partial charge in [0.15, 0.2) is 0 Å². The molecule has 0 saturated heterocycles. The molecule has 0 aliphatic rings. The minimum absolute atomic E-state index is 0.144. The summed E-state index contributed by atoms with van der Waals surface area (Å²) in [5.41, 5.74) is 3.15.